The number of hydrogen-bond donors (Lipinski definition) is 1. The maximum absolute atomic E-state index is 13.1. The first kappa shape index (κ1) is 15.0. The second-order valence-corrected chi connectivity index (χ2v) is 6.40. The monoisotopic (exact) mass is 324 g/mol. The zero-order chi connectivity index (χ0) is 16.7. The molecule has 3 heterocycles. The van der Waals surface area contributed by atoms with E-state index in [2.05, 4.69) is 20.5 Å². The second-order valence-electron chi connectivity index (χ2n) is 6.40. The maximum Gasteiger partial charge on any atom is 0.186 e. The van der Waals surface area contributed by atoms with E-state index >= 15 is 0 Å². The van der Waals surface area contributed by atoms with Crippen LogP contribution in [0.3, 0.4) is 0 Å². The summed E-state index contributed by atoms with van der Waals surface area (Å²) in [5.74, 6) is 0.141. The lowest BCUT2D eigenvalue weighted by atomic mass is 9.98. The van der Waals surface area contributed by atoms with E-state index in [9.17, 15) is 4.79 Å². The Bertz CT molecular complexity index is 896. The molecule has 0 aliphatic heterocycles. The van der Waals surface area contributed by atoms with Crippen molar-refractivity contribution in [3.05, 3.63) is 36.5 Å². The Kier molecular flexibility index (Phi) is 3.65. The van der Waals surface area contributed by atoms with Gasteiger partial charge in [-0.15, -0.1) is 0 Å². The number of Topliss-reactive ketones (excluding diaryl/α,β-unsaturated/α-hetero) is 1. The summed E-state index contributed by atoms with van der Waals surface area (Å²) in [7, 11) is 3.81. The van der Waals surface area contributed by atoms with Gasteiger partial charge in [0.05, 0.1) is 29.8 Å². The predicted molar refractivity (Wildman–Crippen MR) is 89.7 cm³/mol. The highest BCUT2D eigenvalue weighted by atomic mass is 16.1. The van der Waals surface area contributed by atoms with E-state index in [1.807, 2.05) is 32.6 Å². The minimum atomic E-state index is 0.0257. The predicted octanol–water partition coefficient (Wildman–Crippen LogP) is 1.70. The normalized spacial score (nSPS) is 20.8. The quantitative estimate of drug-likeness (QED) is 0.739. The van der Waals surface area contributed by atoms with Crippen molar-refractivity contribution in [2.24, 2.45) is 13.0 Å². The largest absolute Gasteiger partial charge is 0.317 e. The third-order valence-corrected chi connectivity index (χ3v) is 4.84. The summed E-state index contributed by atoms with van der Waals surface area (Å²) >= 11 is 0. The lowest BCUT2D eigenvalue weighted by molar-refractivity contribution is 0.0917. The average molecular weight is 324 g/mol. The lowest BCUT2D eigenvalue weighted by Gasteiger charge is -2.11. The minimum absolute atomic E-state index is 0.0257. The first-order valence-corrected chi connectivity index (χ1v) is 8.20. The van der Waals surface area contributed by atoms with Crippen molar-refractivity contribution in [3.63, 3.8) is 0 Å². The van der Waals surface area contributed by atoms with Crippen LogP contribution >= 0.6 is 0 Å². The number of nitrogens with zero attached hydrogens (tertiary/aromatic N) is 5. The van der Waals surface area contributed by atoms with E-state index < -0.39 is 0 Å². The molecule has 0 aromatic carbocycles. The molecule has 1 aliphatic carbocycles. The molecule has 2 unspecified atom stereocenters. The van der Waals surface area contributed by atoms with Gasteiger partial charge in [-0.3, -0.25) is 9.48 Å². The van der Waals surface area contributed by atoms with Crippen molar-refractivity contribution in [2.75, 3.05) is 7.05 Å². The number of ketones is 1. The van der Waals surface area contributed by atoms with Gasteiger partial charge in [0.25, 0.3) is 0 Å². The molecule has 0 amide bonds. The Morgan fingerprint density at radius 2 is 2.17 bits per heavy atom. The van der Waals surface area contributed by atoms with Gasteiger partial charge in [0.2, 0.25) is 0 Å². The van der Waals surface area contributed by atoms with Crippen molar-refractivity contribution >= 4 is 11.3 Å². The summed E-state index contributed by atoms with van der Waals surface area (Å²) in [4.78, 5) is 17.7. The third-order valence-electron chi connectivity index (χ3n) is 4.84. The molecular formula is C17H20N6O. The zero-order valence-electron chi connectivity index (χ0n) is 13.8. The number of fused-ring (bicyclic) bond motifs is 1. The van der Waals surface area contributed by atoms with Crippen LogP contribution in [-0.2, 0) is 7.05 Å². The second kappa shape index (κ2) is 5.83. The number of nitrogens with one attached hydrogen (secondary N) is 1. The number of carbonyl (C=O) groups excluding carboxylic acids is 1. The summed E-state index contributed by atoms with van der Waals surface area (Å²) < 4.78 is 3.45. The van der Waals surface area contributed by atoms with E-state index in [1.54, 1.807) is 21.6 Å². The van der Waals surface area contributed by atoms with Gasteiger partial charge < -0.3 is 5.32 Å². The van der Waals surface area contributed by atoms with E-state index in [0.717, 1.165) is 30.3 Å². The summed E-state index contributed by atoms with van der Waals surface area (Å²) in [6.45, 7) is 0. The van der Waals surface area contributed by atoms with Gasteiger partial charge in [-0.25, -0.2) is 9.50 Å². The molecule has 2 atom stereocenters. The summed E-state index contributed by atoms with van der Waals surface area (Å²) in [5.41, 5.74) is 2.87. The molecule has 1 N–H and O–H groups in total. The summed E-state index contributed by atoms with van der Waals surface area (Å²) in [6.07, 6.45) is 9.99. The Hall–Kier alpha value is -2.54. The van der Waals surface area contributed by atoms with Crippen LogP contribution in [0.5, 0.6) is 0 Å². The van der Waals surface area contributed by atoms with E-state index in [-0.39, 0.29) is 11.7 Å². The fraction of sp³-hybridized carbons (Fsp3) is 0.412. The number of rotatable bonds is 4. The first-order chi connectivity index (χ1) is 11.7. The van der Waals surface area contributed by atoms with Crippen LogP contribution in [0.4, 0.5) is 0 Å². The lowest BCUT2D eigenvalue weighted by Crippen LogP contribution is -2.23. The molecule has 1 aliphatic rings. The summed E-state index contributed by atoms with van der Waals surface area (Å²) in [5, 5.41) is 11.8. The van der Waals surface area contributed by atoms with Gasteiger partial charge in [-0.2, -0.15) is 10.2 Å². The molecule has 1 saturated carbocycles. The Morgan fingerprint density at radius 3 is 2.88 bits per heavy atom. The SMILES string of the molecule is CNC1CCC(C(=O)c2nc(-c3cnn(C)c3)cn3nccc23)C1. The molecule has 0 radical (unpaired) electrons. The van der Waals surface area contributed by atoms with Crippen molar-refractivity contribution in [2.45, 2.75) is 25.3 Å². The molecule has 0 bridgehead atoms. The highest BCUT2D eigenvalue weighted by Crippen LogP contribution is 2.30. The van der Waals surface area contributed by atoms with E-state index in [0.29, 0.717) is 17.4 Å². The molecule has 24 heavy (non-hydrogen) atoms. The molecule has 7 heteroatoms. The van der Waals surface area contributed by atoms with E-state index in [4.69, 9.17) is 0 Å². The van der Waals surface area contributed by atoms with Crippen molar-refractivity contribution in [1.29, 1.82) is 0 Å². The van der Waals surface area contributed by atoms with Crippen molar-refractivity contribution < 1.29 is 4.79 Å². The fourth-order valence-corrected chi connectivity index (χ4v) is 3.48. The molecule has 124 valence electrons. The molecule has 4 rings (SSSR count). The highest BCUT2D eigenvalue weighted by Gasteiger charge is 2.31. The molecule has 7 nitrogen and oxygen atoms in total. The van der Waals surface area contributed by atoms with Gasteiger partial charge in [-0.1, -0.05) is 0 Å². The van der Waals surface area contributed by atoms with Crippen LogP contribution in [0.1, 0.15) is 29.8 Å². The Morgan fingerprint density at radius 1 is 1.29 bits per heavy atom. The molecule has 1 fully saturated rings. The van der Waals surface area contributed by atoms with Crippen LogP contribution < -0.4 is 5.32 Å². The van der Waals surface area contributed by atoms with Gasteiger partial charge in [0, 0.05) is 30.8 Å². The molecule has 3 aromatic heterocycles. The average Bonchev–Trinajstić information content (AvgIpc) is 3.32. The van der Waals surface area contributed by atoms with Crippen LogP contribution in [0.2, 0.25) is 0 Å². The van der Waals surface area contributed by atoms with Gasteiger partial charge in [-0.05, 0) is 32.4 Å². The van der Waals surface area contributed by atoms with Crippen LogP contribution in [0.25, 0.3) is 16.8 Å². The number of hydrogen-bond acceptors (Lipinski definition) is 5. The topological polar surface area (TPSA) is 77.1 Å². The fourth-order valence-electron chi connectivity index (χ4n) is 3.48. The first-order valence-electron chi connectivity index (χ1n) is 8.20. The molecule has 0 spiro atoms. The molecule has 0 saturated heterocycles. The van der Waals surface area contributed by atoms with Gasteiger partial charge in [0.1, 0.15) is 5.69 Å². The maximum atomic E-state index is 13.1. The smallest absolute Gasteiger partial charge is 0.186 e. The van der Waals surface area contributed by atoms with Gasteiger partial charge >= 0.3 is 0 Å². The number of aromatic nitrogens is 5. The minimum Gasteiger partial charge on any atom is -0.317 e. The van der Waals surface area contributed by atoms with Crippen LogP contribution in [0, 0.1) is 5.92 Å². The zero-order valence-corrected chi connectivity index (χ0v) is 13.8. The number of carbonyl (C=O) groups is 1. The molecular weight excluding hydrogens is 304 g/mol. The van der Waals surface area contributed by atoms with Crippen molar-refractivity contribution in [1.82, 2.24) is 29.7 Å². The van der Waals surface area contributed by atoms with Gasteiger partial charge in [0.15, 0.2) is 5.78 Å². The van der Waals surface area contributed by atoms with Crippen LogP contribution in [0.15, 0.2) is 30.9 Å². The highest BCUT2D eigenvalue weighted by molar-refractivity contribution is 6.02. The third kappa shape index (κ3) is 2.50. The standard InChI is InChI=1S/C17H20N6O/c1-18-13-4-3-11(7-13)17(24)16-15-5-6-19-23(15)10-14(21-16)12-8-20-22(2)9-12/h5-6,8-11,13,18H,3-4,7H2,1-2H3. The molecule has 3 aromatic rings. The number of aryl methyl sites for hydroxylation is 1. The summed E-state index contributed by atoms with van der Waals surface area (Å²) in [6, 6.07) is 2.26. The Labute approximate surface area is 139 Å². The van der Waals surface area contributed by atoms with E-state index in [1.165, 1.54) is 0 Å². The Balaban J connectivity index is 1.76. The van der Waals surface area contributed by atoms with Crippen molar-refractivity contribution in [3.8, 4) is 11.3 Å². The van der Waals surface area contributed by atoms with Crippen LogP contribution in [-0.4, -0.2) is 43.3 Å².